The predicted molar refractivity (Wildman–Crippen MR) is 62.8 cm³/mol. The van der Waals surface area contributed by atoms with E-state index in [0.29, 0.717) is 16.2 Å². The second kappa shape index (κ2) is 3.77. The normalized spacial score (nSPS) is 10.9. The largest absolute Gasteiger partial charge is 0.464 e. The van der Waals surface area contributed by atoms with Gasteiger partial charge >= 0.3 is 0 Å². The van der Waals surface area contributed by atoms with Gasteiger partial charge in [-0.2, -0.15) is 0 Å². The van der Waals surface area contributed by atoms with Crippen LogP contribution in [-0.4, -0.2) is 6.08 Å². The van der Waals surface area contributed by atoms with Gasteiger partial charge in [0.2, 0.25) is 6.08 Å². The highest BCUT2D eigenvalue weighted by Gasteiger charge is 2.16. The first kappa shape index (κ1) is 10.1. The molecule has 0 aliphatic rings. The summed E-state index contributed by atoms with van der Waals surface area (Å²) >= 11 is 6.20. The molecule has 0 atom stereocenters. The highest BCUT2D eigenvalue weighted by atomic mass is 35.5. The molecule has 3 rings (SSSR count). The van der Waals surface area contributed by atoms with Crippen LogP contribution in [0.3, 0.4) is 0 Å². The minimum Gasteiger partial charge on any atom is -0.464 e. The first-order chi connectivity index (χ1) is 8.33. The molecule has 2 heterocycles. The lowest BCUT2D eigenvalue weighted by Crippen LogP contribution is -1.85. The number of hydrogen-bond donors (Lipinski definition) is 0. The van der Waals surface area contributed by atoms with Crippen LogP contribution in [0.1, 0.15) is 5.56 Å². The van der Waals surface area contributed by atoms with E-state index < -0.39 is 0 Å². The second-order valence-electron chi connectivity index (χ2n) is 3.53. The molecule has 0 spiro atoms. The van der Waals surface area contributed by atoms with Gasteiger partial charge in [0.25, 0.3) is 0 Å². The van der Waals surface area contributed by atoms with Crippen molar-refractivity contribution in [3.05, 3.63) is 35.2 Å². The van der Waals surface area contributed by atoms with Crippen molar-refractivity contribution in [3.8, 4) is 0 Å². The Morgan fingerprint density at radius 2 is 1.88 bits per heavy atom. The summed E-state index contributed by atoms with van der Waals surface area (Å²) in [6, 6.07) is 3.53. The minimum atomic E-state index is 0.195. The Balaban J connectivity index is 2.47. The number of fused-ring (bicyclic) bond motifs is 2. The van der Waals surface area contributed by atoms with Crippen LogP contribution in [0.15, 0.2) is 38.5 Å². The third-order valence-corrected chi connectivity index (χ3v) is 3.04. The summed E-state index contributed by atoms with van der Waals surface area (Å²) in [6.07, 6.45) is 4.60. The topological polar surface area (TPSA) is 55.7 Å². The zero-order chi connectivity index (χ0) is 11.8. The zero-order valence-corrected chi connectivity index (χ0v) is 9.32. The van der Waals surface area contributed by atoms with Crippen LogP contribution < -0.4 is 0 Å². The Kier molecular flexibility index (Phi) is 2.25. The molecule has 0 N–H and O–H groups in total. The van der Waals surface area contributed by atoms with Crippen molar-refractivity contribution in [1.29, 1.82) is 0 Å². The van der Waals surface area contributed by atoms with Gasteiger partial charge in [-0.3, -0.25) is 0 Å². The highest BCUT2D eigenvalue weighted by molar-refractivity contribution is 6.40. The van der Waals surface area contributed by atoms with Gasteiger partial charge in [0.15, 0.2) is 5.58 Å². The van der Waals surface area contributed by atoms with Gasteiger partial charge in [0, 0.05) is 16.3 Å². The minimum absolute atomic E-state index is 0.195. The van der Waals surface area contributed by atoms with Crippen molar-refractivity contribution in [1.82, 2.24) is 0 Å². The monoisotopic (exact) mass is 247 g/mol. The number of nitrogens with zero attached hydrogens (tertiary/aromatic N) is 1. The lowest BCUT2D eigenvalue weighted by atomic mass is 10.1. The highest BCUT2D eigenvalue weighted by Crippen LogP contribution is 2.37. The summed E-state index contributed by atoms with van der Waals surface area (Å²) in [5, 5.41) is 2.06. The lowest BCUT2D eigenvalue weighted by molar-refractivity contribution is 0.562. The Morgan fingerprint density at radius 1 is 1.18 bits per heavy atom. The molecular weight excluding hydrogens is 242 g/mol. The van der Waals surface area contributed by atoms with E-state index in [1.807, 2.05) is 0 Å². The Morgan fingerprint density at radius 3 is 2.65 bits per heavy atom. The molecule has 0 fully saturated rings. The average Bonchev–Trinajstić information content (AvgIpc) is 2.97. The van der Waals surface area contributed by atoms with Gasteiger partial charge < -0.3 is 8.83 Å². The summed E-state index contributed by atoms with van der Waals surface area (Å²) in [5.41, 5.74) is 1.99. The van der Waals surface area contributed by atoms with Gasteiger partial charge in [0.05, 0.1) is 24.1 Å². The number of isocyanates is 1. The van der Waals surface area contributed by atoms with Crippen molar-refractivity contribution >= 4 is 39.6 Å². The van der Waals surface area contributed by atoms with Crippen LogP contribution in [0.5, 0.6) is 0 Å². The van der Waals surface area contributed by atoms with E-state index in [4.69, 9.17) is 20.4 Å². The molecular formula is C12H6ClNO3. The molecule has 0 amide bonds. The molecule has 0 bridgehead atoms. The van der Waals surface area contributed by atoms with Crippen LogP contribution >= 0.6 is 11.6 Å². The van der Waals surface area contributed by atoms with E-state index in [-0.39, 0.29) is 6.54 Å². The van der Waals surface area contributed by atoms with Crippen molar-refractivity contribution < 1.29 is 13.6 Å². The van der Waals surface area contributed by atoms with E-state index >= 15 is 0 Å². The fourth-order valence-electron chi connectivity index (χ4n) is 1.95. The summed E-state index contributed by atoms with van der Waals surface area (Å²) in [4.78, 5) is 13.8. The van der Waals surface area contributed by atoms with E-state index in [2.05, 4.69) is 4.99 Å². The molecule has 0 aliphatic heterocycles. The van der Waals surface area contributed by atoms with E-state index in [9.17, 15) is 4.79 Å². The molecule has 84 valence electrons. The Bertz CT molecular complexity index is 698. The van der Waals surface area contributed by atoms with E-state index in [1.54, 1.807) is 24.7 Å². The molecule has 5 heteroatoms. The summed E-state index contributed by atoms with van der Waals surface area (Å²) < 4.78 is 10.7. The second-order valence-corrected chi connectivity index (χ2v) is 3.90. The van der Waals surface area contributed by atoms with Crippen LogP contribution in [0, 0.1) is 0 Å². The fraction of sp³-hybridized carbons (Fsp3) is 0.0833. The first-order valence-corrected chi connectivity index (χ1v) is 5.29. The maximum absolute atomic E-state index is 10.2. The molecule has 0 aliphatic carbocycles. The first-order valence-electron chi connectivity index (χ1n) is 4.91. The molecule has 3 aromatic rings. The number of benzene rings is 1. The van der Waals surface area contributed by atoms with Gasteiger partial charge in [0.1, 0.15) is 5.58 Å². The predicted octanol–water partition coefficient (Wildman–Crippen LogP) is 3.67. The average molecular weight is 248 g/mol. The van der Waals surface area contributed by atoms with E-state index in [0.717, 1.165) is 16.3 Å². The SMILES string of the molecule is O=C=NCc1c2ccoc2c(Cl)c2ccoc12. The third kappa shape index (κ3) is 1.39. The van der Waals surface area contributed by atoms with Crippen molar-refractivity contribution in [3.63, 3.8) is 0 Å². The van der Waals surface area contributed by atoms with Crippen molar-refractivity contribution in [2.24, 2.45) is 4.99 Å². The van der Waals surface area contributed by atoms with Crippen LogP contribution in [0.25, 0.3) is 21.9 Å². The van der Waals surface area contributed by atoms with Gasteiger partial charge in [-0.25, -0.2) is 9.79 Å². The summed E-state index contributed by atoms with van der Waals surface area (Å²) in [7, 11) is 0. The maximum Gasteiger partial charge on any atom is 0.235 e. The van der Waals surface area contributed by atoms with E-state index in [1.165, 1.54) is 6.08 Å². The van der Waals surface area contributed by atoms with Gasteiger partial charge in [-0.1, -0.05) is 11.6 Å². The number of rotatable bonds is 2. The van der Waals surface area contributed by atoms with Gasteiger partial charge in [-0.05, 0) is 12.1 Å². The molecule has 0 saturated heterocycles. The Labute approximate surface area is 100 Å². The van der Waals surface area contributed by atoms with Crippen LogP contribution in [0.2, 0.25) is 5.02 Å². The molecule has 2 aromatic heterocycles. The molecule has 1 aromatic carbocycles. The van der Waals surface area contributed by atoms with Crippen molar-refractivity contribution in [2.45, 2.75) is 6.54 Å². The quantitative estimate of drug-likeness (QED) is 0.513. The molecule has 0 unspecified atom stereocenters. The fourth-order valence-corrected chi connectivity index (χ4v) is 2.24. The van der Waals surface area contributed by atoms with Gasteiger partial charge in [-0.15, -0.1) is 0 Å². The number of hydrogen-bond acceptors (Lipinski definition) is 4. The standard InChI is InChI=1S/C12H6ClNO3/c13-10-8-2-4-16-11(8)9(5-14-6-15)7-1-3-17-12(7)10/h1-4H,5H2. The van der Waals surface area contributed by atoms with Crippen LogP contribution in [0.4, 0.5) is 0 Å². The summed E-state index contributed by atoms with van der Waals surface area (Å²) in [6.45, 7) is 0.195. The number of furan rings is 2. The number of halogens is 1. The number of carbonyl (C=O) groups excluding carboxylic acids is 1. The van der Waals surface area contributed by atoms with Crippen molar-refractivity contribution in [2.75, 3.05) is 0 Å². The Hall–Kier alpha value is -2.03. The van der Waals surface area contributed by atoms with Crippen LogP contribution in [-0.2, 0) is 11.3 Å². The lowest BCUT2D eigenvalue weighted by Gasteiger charge is -2.02. The zero-order valence-electron chi connectivity index (χ0n) is 8.57. The maximum atomic E-state index is 10.2. The molecule has 4 nitrogen and oxygen atoms in total. The smallest absolute Gasteiger partial charge is 0.235 e. The molecule has 0 radical (unpaired) electrons. The summed E-state index contributed by atoms with van der Waals surface area (Å²) in [5.74, 6) is 0. The number of aliphatic imine (C=N–C) groups is 1. The molecule has 0 saturated carbocycles. The third-order valence-electron chi connectivity index (χ3n) is 2.67. The molecule has 17 heavy (non-hydrogen) atoms.